The summed E-state index contributed by atoms with van der Waals surface area (Å²) < 4.78 is 26.0. The molecule has 0 aromatic carbocycles. The predicted molar refractivity (Wildman–Crippen MR) is 55.9 cm³/mol. The molecule has 0 spiro atoms. The summed E-state index contributed by atoms with van der Waals surface area (Å²) in [6.45, 7) is 6.65. The van der Waals surface area contributed by atoms with Crippen molar-refractivity contribution < 1.29 is 8.22 Å². The van der Waals surface area contributed by atoms with E-state index in [-0.39, 0.29) is 0 Å². The molecule has 0 saturated heterocycles. The molecule has 0 N–H and O–H groups in total. The van der Waals surface area contributed by atoms with Crippen molar-refractivity contribution in [3.63, 3.8) is 0 Å². The first-order valence-corrected chi connectivity index (χ1v) is 10.4. The third kappa shape index (κ3) is 10.0. The minimum Gasteiger partial charge on any atom is -0.314 e. The second-order valence-corrected chi connectivity index (χ2v) is 12.0. The Morgan fingerprint density at radius 1 is 0.833 bits per heavy atom. The van der Waals surface area contributed by atoms with E-state index in [4.69, 9.17) is 0 Å². The van der Waals surface area contributed by atoms with E-state index in [2.05, 4.69) is 0 Å². The zero-order chi connectivity index (χ0) is 9.83. The second-order valence-electron chi connectivity index (χ2n) is 4.32. The fourth-order valence-corrected chi connectivity index (χ4v) is 2.18. The van der Waals surface area contributed by atoms with E-state index in [1.165, 1.54) is 0 Å². The molecule has 0 amide bonds. The van der Waals surface area contributed by atoms with Gasteiger partial charge in [-0.2, -0.15) is 0 Å². The molecule has 0 bridgehead atoms. The second kappa shape index (κ2) is 4.32. The Morgan fingerprint density at radius 3 is 1.25 bits per heavy atom. The smallest absolute Gasteiger partial charge is 0.244 e. The normalized spacial score (nSPS) is 14.2. The summed E-state index contributed by atoms with van der Waals surface area (Å²) in [4.78, 5) is 0. The average Bonchev–Trinajstić information content (AvgIpc) is 1.76. The highest BCUT2D eigenvalue weighted by molar-refractivity contribution is 6.71. The van der Waals surface area contributed by atoms with Crippen LogP contribution in [-0.4, -0.2) is 16.8 Å². The average molecular weight is 208 g/mol. The molecule has 0 aromatic rings. The van der Waals surface area contributed by atoms with E-state index < -0.39 is 16.8 Å². The van der Waals surface area contributed by atoms with Crippen molar-refractivity contribution in [1.29, 1.82) is 0 Å². The summed E-state index contributed by atoms with van der Waals surface area (Å²) in [5.74, 6) is 0. The van der Waals surface area contributed by atoms with E-state index in [0.29, 0.717) is 12.1 Å². The van der Waals surface area contributed by atoms with Crippen LogP contribution < -0.4 is 0 Å². The SMILES string of the molecule is C[Si](C)(F)C/C=C\C[Si](C)(C)F. The fraction of sp³-hybridized carbons (Fsp3) is 0.750. The van der Waals surface area contributed by atoms with Crippen molar-refractivity contribution in [3.8, 4) is 0 Å². The monoisotopic (exact) mass is 208 g/mol. The summed E-state index contributed by atoms with van der Waals surface area (Å²) in [5, 5.41) is 0. The van der Waals surface area contributed by atoms with Crippen LogP contribution in [-0.2, 0) is 0 Å². The van der Waals surface area contributed by atoms with E-state index in [1.807, 2.05) is 0 Å². The predicted octanol–water partition coefficient (Wildman–Crippen LogP) is 3.89. The van der Waals surface area contributed by atoms with Gasteiger partial charge in [0.05, 0.1) is 0 Å². The van der Waals surface area contributed by atoms with Gasteiger partial charge in [0.25, 0.3) is 0 Å². The van der Waals surface area contributed by atoms with Gasteiger partial charge in [-0.15, -0.1) is 0 Å². The first-order valence-electron chi connectivity index (χ1n) is 4.23. The van der Waals surface area contributed by atoms with Gasteiger partial charge >= 0.3 is 0 Å². The first kappa shape index (κ1) is 12.0. The Balaban J connectivity index is 3.66. The van der Waals surface area contributed by atoms with Gasteiger partial charge in [0.15, 0.2) is 0 Å². The lowest BCUT2D eigenvalue weighted by Gasteiger charge is -2.08. The van der Waals surface area contributed by atoms with Crippen LogP contribution in [0.2, 0.25) is 38.3 Å². The quantitative estimate of drug-likeness (QED) is 0.373. The van der Waals surface area contributed by atoms with Crippen LogP contribution in [0, 0.1) is 0 Å². The van der Waals surface area contributed by atoms with E-state index in [9.17, 15) is 8.22 Å². The molecule has 4 heteroatoms. The van der Waals surface area contributed by atoms with Crippen molar-refractivity contribution in [3.05, 3.63) is 12.2 Å². The van der Waals surface area contributed by atoms with Crippen LogP contribution in [0.4, 0.5) is 8.22 Å². The molecule has 0 radical (unpaired) electrons. The van der Waals surface area contributed by atoms with Crippen molar-refractivity contribution in [2.24, 2.45) is 0 Å². The molecular weight excluding hydrogens is 190 g/mol. The number of hydrogen-bond donors (Lipinski definition) is 0. The summed E-state index contributed by atoms with van der Waals surface area (Å²) >= 11 is 0. The molecule has 0 saturated carbocycles. The third-order valence-electron chi connectivity index (χ3n) is 1.37. The molecule has 0 nitrogen and oxygen atoms in total. The van der Waals surface area contributed by atoms with Gasteiger partial charge in [0.1, 0.15) is 0 Å². The largest absolute Gasteiger partial charge is 0.314 e. The van der Waals surface area contributed by atoms with E-state index in [0.717, 1.165) is 0 Å². The molecule has 0 aliphatic heterocycles. The van der Waals surface area contributed by atoms with E-state index in [1.54, 1.807) is 38.3 Å². The van der Waals surface area contributed by atoms with Crippen molar-refractivity contribution >= 4 is 16.8 Å². The zero-order valence-electron chi connectivity index (χ0n) is 8.32. The Labute approximate surface area is 76.0 Å². The molecule has 0 heterocycles. The first-order chi connectivity index (χ1) is 5.21. The van der Waals surface area contributed by atoms with Crippen LogP contribution in [0.25, 0.3) is 0 Å². The molecule has 72 valence electrons. The van der Waals surface area contributed by atoms with E-state index >= 15 is 0 Å². The summed E-state index contributed by atoms with van der Waals surface area (Å²) in [6.07, 6.45) is 3.58. The summed E-state index contributed by atoms with van der Waals surface area (Å²) in [5.41, 5.74) is 0. The molecule has 12 heavy (non-hydrogen) atoms. The molecule has 0 fully saturated rings. The number of rotatable bonds is 4. The van der Waals surface area contributed by atoms with Gasteiger partial charge in [-0.1, -0.05) is 12.2 Å². The Bertz CT molecular complexity index is 135. The van der Waals surface area contributed by atoms with Gasteiger partial charge < -0.3 is 8.22 Å². The minimum atomic E-state index is -2.45. The highest BCUT2D eigenvalue weighted by atomic mass is 28.4. The van der Waals surface area contributed by atoms with Gasteiger partial charge in [0, 0.05) is 0 Å². The van der Waals surface area contributed by atoms with Crippen molar-refractivity contribution in [2.75, 3.05) is 0 Å². The van der Waals surface area contributed by atoms with Crippen LogP contribution in [0.3, 0.4) is 0 Å². The number of hydrogen-bond acceptors (Lipinski definition) is 0. The lowest BCUT2D eigenvalue weighted by molar-refractivity contribution is 0.795. The van der Waals surface area contributed by atoms with Crippen molar-refractivity contribution in [2.45, 2.75) is 38.3 Å². The third-order valence-corrected chi connectivity index (χ3v) is 3.79. The van der Waals surface area contributed by atoms with Gasteiger partial charge in [0.2, 0.25) is 16.8 Å². The number of allylic oxidation sites excluding steroid dienone is 2. The van der Waals surface area contributed by atoms with Crippen molar-refractivity contribution in [1.82, 2.24) is 0 Å². The van der Waals surface area contributed by atoms with Gasteiger partial charge in [-0.05, 0) is 38.3 Å². The molecule has 0 atom stereocenters. The maximum Gasteiger partial charge on any atom is 0.244 e. The zero-order valence-corrected chi connectivity index (χ0v) is 10.3. The van der Waals surface area contributed by atoms with Crippen LogP contribution in [0.5, 0.6) is 0 Å². The molecule has 0 unspecified atom stereocenters. The van der Waals surface area contributed by atoms with Gasteiger partial charge in [-0.25, -0.2) is 0 Å². The highest BCUT2D eigenvalue weighted by Gasteiger charge is 2.19. The fourth-order valence-electron chi connectivity index (χ4n) is 0.727. The van der Waals surface area contributed by atoms with Crippen LogP contribution in [0.1, 0.15) is 0 Å². The molecular formula is C8H18F2Si2. The minimum absolute atomic E-state index is 0.511. The van der Waals surface area contributed by atoms with Gasteiger partial charge in [-0.3, -0.25) is 0 Å². The Hall–Kier alpha value is 0.0338. The maximum atomic E-state index is 13.0. The lowest BCUT2D eigenvalue weighted by Crippen LogP contribution is -2.17. The molecule has 0 aliphatic rings. The maximum absolute atomic E-state index is 13.0. The Kier molecular flexibility index (Phi) is 4.33. The topological polar surface area (TPSA) is 0 Å². The summed E-state index contributed by atoms with van der Waals surface area (Å²) in [7, 11) is -4.89. The molecule has 0 rings (SSSR count). The highest BCUT2D eigenvalue weighted by Crippen LogP contribution is 2.14. The number of halogens is 2. The standard InChI is InChI=1S/C8H18F2Si2/c1-11(2,9)7-5-6-8-12(3,4)10/h5-6H,7-8H2,1-4H3/b6-5-. The lowest BCUT2D eigenvalue weighted by atomic mass is 10.6. The Morgan fingerprint density at radius 2 is 1.08 bits per heavy atom. The van der Waals surface area contributed by atoms with Crippen LogP contribution in [0.15, 0.2) is 12.2 Å². The van der Waals surface area contributed by atoms with Crippen LogP contribution >= 0.6 is 0 Å². The summed E-state index contributed by atoms with van der Waals surface area (Å²) in [6, 6.07) is 1.02. The molecule has 0 aromatic heterocycles. The molecule has 0 aliphatic carbocycles.